The first-order valence-electron chi connectivity index (χ1n) is 8.71. The molecular formula is C19H18Br4N4O3. The van der Waals surface area contributed by atoms with Crippen LogP contribution in [0.1, 0.15) is 25.0 Å². The van der Waals surface area contributed by atoms with Crippen LogP contribution >= 0.6 is 63.7 Å². The van der Waals surface area contributed by atoms with Crippen LogP contribution in [0.4, 0.5) is 4.79 Å². The summed E-state index contributed by atoms with van der Waals surface area (Å²) in [6, 6.07) is 6.80. The summed E-state index contributed by atoms with van der Waals surface area (Å²) in [4.78, 5) is 12.0. The number of hydrogen-bond acceptors (Lipinski definition) is 5. The topological polar surface area (TPSA) is 84.3 Å². The molecule has 0 aliphatic heterocycles. The summed E-state index contributed by atoms with van der Waals surface area (Å²) in [7, 11) is 0. The number of benzene rings is 2. The van der Waals surface area contributed by atoms with Crippen LogP contribution in [0.25, 0.3) is 0 Å². The monoisotopic (exact) mass is 666 g/mol. The number of carbonyl (C=O) groups excluding carboxylic acids is 1. The standard InChI is InChI=1S/C19H18Br4N4O3/c1-3-29-17-11(5-13(20)7-15(17)22)9-24-26-19(28)27-25-10-12-6-14(21)8-16(23)18(12)30-4-2/h5-10H,3-4H2,1-2H3,(H2,26,27,28)/b24-9+,25-10+. The number of ether oxygens (including phenoxy) is 2. The van der Waals surface area contributed by atoms with Crippen LogP contribution < -0.4 is 20.3 Å². The fourth-order valence-electron chi connectivity index (χ4n) is 2.29. The van der Waals surface area contributed by atoms with Gasteiger partial charge in [-0.25, -0.2) is 15.6 Å². The van der Waals surface area contributed by atoms with Gasteiger partial charge in [0.1, 0.15) is 11.5 Å². The predicted octanol–water partition coefficient (Wildman–Crippen LogP) is 6.20. The fraction of sp³-hybridized carbons (Fsp3) is 0.211. The van der Waals surface area contributed by atoms with Gasteiger partial charge in [-0.05, 0) is 70.0 Å². The van der Waals surface area contributed by atoms with Gasteiger partial charge >= 0.3 is 6.03 Å². The lowest BCUT2D eigenvalue weighted by atomic mass is 10.2. The van der Waals surface area contributed by atoms with E-state index in [9.17, 15) is 4.79 Å². The Morgan fingerprint density at radius 3 is 1.60 bits per heavy atom. The van der Waals surface area contributed by atoms with Gasteiger partial charge in [-0.2, -0.15) is 10.2 Å². The van der Waals surface area contributed by atoms with E-state index in [0.717, 1.165) is 17.9 Å². The Kier molecular flexibility index (Phi) is 10.3. The summed E-state index contributed by atoms with van der Waals surface area (Å²) in [5, 5.41) is 7.89. The lowest BCUT2D eigenvalue weighted by molar-refractivity contribution is 0.242. The Morgan fingerprint density at radius 1 is 0.833 bits per heavy atom. The van der Waals surface area contributed by atoms with Crippen molar-refractivity contribution in [2.24, 2.45) is 10.2 Å². The van der Waals surface area contributed by atoms with Crippen molar-refractivity contribution in [1.29, 1.82) is 0 Å². The third-order valence-corrected chi connectivity index (χ3v) is 5.48. The van der Waals surface area contributed by atoms with Crippen molar-refractivity contribution in [2.75, 3.05) is 13.2 Å². The molecular weight excluding hydrogens is 652 g/mol. The number of nitrogens with zero attached hydrogens (tertiary/aromatic N) is 2. The highest BCUT2D eigenvalue weighted by Gasteiger charge is 2.10. The highest BCUT2D eigenvalue weighted by Crippen LogP contribution is 2.33. The molecule has 0 aliphatic carbocycles. The second kappa shape index (κ2) is 12.4. The molecule has 2 aromatic carbocycles. The van der Waals surface area contributed by atoms with E-state index >= 15 is 0 Å². The molecule has 0 aliphatic rings. The molecule has 160 valence electrons. The van der Waals surface area contributed by atoms with Crippen LogP contribution in [0.5, 0.6) is 11.5 Å². The maximum Gasteiger partial charge on any atom is 0.355 e. The second-order valence-electron chi connectivity index (χ2n) is 5.55. The van der Waals surface area contributed by atoms with Crippen LogP contribution in [-0.2, 0) is 0 Å². The Bertz CT molecular complexity index is 892. The number of nitrogens with one attached hydrogen (secondary N) is 2. The molecule has 0 saturated carbocycles. The lowest BCUT2D eigenvalue weighted by Crippen LogP contribution is -2.28. The van der Waals surface area contributed by atoms with E-state index in [0.29, 0.717) is 35.8 Å². The lowest BCUT2D eigenvalue weighted by Gasteiger charge is -2.10. The van der Waals surface area contributed by atoms with Crippen LogP contribution in [-0.4, -0.2) is 31.7 Å². The molecule has 30 heavy (non-hydrogen) atoms. The van der Waals surface area contributed by atoms with Crippen molar-refractivity contribution >= 4 is 82.2 Å². The number of amides is 2. The highest BCUT2D eigenvalue weighted by molar-refractivity contribution is 9.11. The summed E-state index contributed by atoms with van der Waals surface area (Å²) in [6.45, 7) is 4.78. The molecule has 0 radical (unpaired) electrons. The third kappa shape index (κ3) is 7.36. The molecule has 0 saturated heterocycles. The number of hydrazone groups is 2. The number of rotatable bonds is 8. The van der Waals surface area contributed by atoms with Gasteiger partial charge in [-0.15, -0.1) is 0 Å². The Morgan fingerprint density at radius 2 is 1.23 bits per heavy atom. The zero-order valence-corrected chi connectivity index (χ0v) is 22.4. The van der Waals surface area contributed by atoms with Crippen molar-refractivity contribution in [3.63, 3.8) is 0 Å². The number of hydrogen-bond donors (Lipinski definition) is 2. The van der Waals surface area contributed by atoms with E-state index < -0.39 is 6.03 Å². The summed E-state index contributed by atoms with van der Waals surface area (Å²) in [6.07, 6.45) is 2.98. The van der Waals surface area contributed by atoms with E-state index in [2.05, 4.69) is 84.8 Å². The van der Waals surface area contributed by atoms with Crippen LogP contribution in [0, 0.1) is 0 Å². The van der Waals surface area contributed by atoms with Gasteiger partial charge in [0.2, 0.25) is 0 Å². The molecule has 0 aromatic heterocycles. The van der Waals surface area contributed by atoms with Gasteiger partial charge in [0.25, 0.3) is 0 Å². The van der Waals surface area contributed by atoms with Gasteiger partial charge in [-0.1, -0.05) is 31.9 Å². The molecule has 0 unspecified atom stereocenters. The highest BCUT2D eigenvalue weighted by atomic mass is 79.9. The normalized spacial score (nSPS) is 11.1. The molecule has 0 heterocycles. The molecule has 7 nitrogen and oxygen atoms in total. The molecule has 0 bridgehead atoms. The molecule has 0 spiro atoms. The van der Waals surface area contributed by atoms with E-state index in [4.69, 9.17) is 9.47 Å². The fourth-order valence-corrected chi connectivity index (χ4v) is 5.04. The number of halogens is 4. The smallest absolute Gasteiger partial charge is 0.355 e. The predicted molar refractivity (Wildman–Crippen MR) is 133 cm³/mol. The Hall–Kier alpha value is -1.43. The minimum Gasteiger partial charge on any atom is -0.492 e. The van der Waals surface area contributed by atoms with Crippen LogP contribution in [0.2, 0.25) is 0 Å². The van der Waals surface area contributed by atoms with Gasteiger partial charge in [-0.3, -0.25) is 0 Å². The SMILES string of the molecule is CCOc1c(Br)cc(Br)cc1/C=N/NC(=O)N/N=C/c1cc(Br)cc(Br)c1OCC. The van der Waals surface area contributed by atoms with Crippen molar-refractivity contribution < 1.29 is 14.3 Å². The van der Waals surface area contributed by atoms with Crippen molar-refractivity contribution in [3.8, 4) is 11.5 Å². The maximum atomic E-state index is 12.0. The minimum absolute atomic E-state index is 0.499. The Balaban J connectivity index is 2.03. The first-order valence-corrected chi connectivity index (χ1v) is 11.9. The van der Waals surface area contributed by atoms with E-state index in [1.165, 1.54) is 12.4 Å². The number of urea groups is 1. The summed E-state index contributed by atoms with van der Waals surface area (Å²) in [5.41, 5.74) is 6.11. The third-order valence-electron chi connectivity index (χ3n) is 3.39. The van der Waals surface area contributed by atoms with Gasteiger partial charge in [0, 0.05) is 20.1 Å². The molecule has 11 heteroatoms. The van der Waals surface area contributed by atoms with E-state index in [1.54, 1.807) is 0 Å². The number of carbonyl (C=O) groups is 1. The molecule has 0 fully saturated rings. The van der Waals surface area contributed by atoms with Gasteiger partial charge < -0.3 is 9.47 Å². The minimum atomic E-state index is -0.596. The summed E-state index contributed by atoms with van der Waals surface area (Å²) >= 11 is 13.7. The van der Waals surface area contributed by atoms with Crippen molar-refractivity contribution in [1.82, 2.24) is 10.9 Å². The van der Waals surface area contributed by atoms with E-state index in [1.807, 2.05) is 38.1 Å². The van der Waals surface area contributed by atoms with Crippen molar-refractivity contribution in [2.45, 2.75) is 13.8 Å². The summed E-state index contributed by atoms with van der Waals surface area (Å²) < 4.78 is 14.5. The average molecular weight is 670 g/mol. The molecule has 2 rings (SSSR count). The molecule has 2 aromatic rings. The van der Waals surface area contributed by atoms with Gasteiger partial charge in [0.15, 0.2) is 0 Å². The molecule has 2 N–H and O–H groups in total. The molecule has 0 atom stereocenters. The Labute approximate surface area is 208 Å². The summed E-state index contributed by atoms with van der Waals surface area (Å²) in [5.74, 6) is 1.27. The zero-order valence-electron chi connectivity index (χ0n) is 16.0. The average Bonchev–Trinajstić information content (AvgIpc) is 2.67. The maximum absolute atomic E-state index is 12.0. The molecule has 2 amide bonds. The quantitative estimate of drug-likeness (QED) is 0.259. The zero-order chi connectivity index (χ0) is 22.1. The van der Waals surface area contributed by atoms with Crippen molar-refractivity contribution in [3.05, 3.63) is 53.3 Å². The largest absolute Gasteiger partial charge is 0.492 e. The van der Waals surface area contributed by atoms with Gasteiger partial charge in [0.05, 0.1) is 34.6 Å². The van der Waals surface area contributed by atoms with Crippen LogP contribution in [0.3, 0.4) is 0 Å². The first kappa shape index (κ1) is 24.8. The van der Waals surface area contributed by atoms with Crippen LogP contribution in [0.15, 0.2) is 52.4 Å². The second-order valence-corrected chi connectivity index (χ2v) is 9.09. The van der Waals surface area contributed by atoms with E-state index in [-0.39, 0.29) is 0 Å². The first-order chi connectivity index (χ1) is 14.3.